The largest absolute Gasteiger partial charge is 0.326 e. The summed E-state index contributed by atoms with van der Waals surface area (Å²) >= 11 is 0. The normalized spacial score (nSPS) is 11.5. The van der Waals surface area contributed by atoms with E-state index >= 15 is 0 Å². The van der Waals surface area contributed by atoms with Crippen LogP contribution in [-0.2, 0) is 9.59 Å². The van der Waals surface area contributed by atoms with Crippen molar-refractivity contribution >= 4 is 23.2 Å². The van der Waals surface area contributed by atoms with E-state index in [0.29, 0.717) is 17.8 Å². The van der Waals surface area contributed by atoms with Crippen molar-refractivity contribution in [3.05, 3.63) is 54.4 Å². The molecule has 0 saturated heterocycles. The number of carbonyl (C=O) groups excluding carboxylic acids is 2. The fourth-order valence-corrected chi connectivity index (χ4v) is 2.15. The highest BCUT2D eigenvalue weighted by Crippen LogP contribution is 2.20. The van der Waals surface area contributed by atoms with Crippen LogP contribution in [0.2, 0.25) is 0 Å². The Morgan fingerprint density at radius 3 is 2.50 bits per heavy atom. The monoisotopic (exact) mass is 297 g/mol. The third kappa shape index (κ3) is 4.70. The molecule has 5 nitrogen and oxygen atoms in total. The van der Waals surface area contributed by atoms with E-state index in [4.69, 9.17) is 0 Å². The van der Waals surface area contributed by atoms with Crippen molar-refractivity contribution in [1.29, 1.82) is 0 Å². The van der Waals surface area contributed by atoms with E-state index < -0.39 is 0 Å². The number of rotatable bonds is 5. The quantitative estimate of drug-likeness (QED) is 0.890. The maximum atomic E-state index is 12.1. The van der Waals surface area contributed by atoms with Crippen LogP contribution in [0, 0.1) is 0 Å². The molecule has 0 aliphatic carbocycles. The number of aromatic nitrogens is 1. The second-order valence-electron chi connectivity index (χ2n) is 5.20. The van der Waals surface area contributed by atoms with Crippen LogP contribution in [0.25, 0.3) is 0 Å². The molecular weight excluding hydrogens is 278 g/mol. The van der Waals surface area contributed by atoms with Crippen molar-refractivity contribution in [3.63, 3.8) is 0 Å². The number of pyridine rings is 1. The molecular formula is C17H19N3O2. The number of nitrogens with one attached hydrogen (secondary N) is 2. The minimum atomic E-state index is -0.145. The van der Waals surface area contributed by atoms with E-state index in [9.17, 15) is 9.59 Å². The Morgan fingerprint density at radius 2 is 1.86 bits per heavy atom. The van der Waals surface area contributed by atoms with Gasteiger partial charge in [0.15, 0.2) is 0 Å². The van der Waals surface area contributed by atoms with Gasteiger partial charge in [-0.1, -0.05) is 19.1 Å². The summed E-state index contributed by atoms with van der Waals surface area (Å²) in [5.74, 6) is -0.128. The molecule has 0 aliphatic rings. The third-order valence-electron chi connectivity index (χ3n) is 3.21. The maximum absolute atomic E-state index is 12.1. The Kier molecular flexibility index (Phi) is 5.25. The average Bonchev–Trinajstić information content (AvgIpc) is 2.47. The maximum Gasteiger partial charge on any atom is 0.224 e. The first kappa shape index (κ1) is 15.7. The molecule has 0 spiro atoms. The molecule has 2 aromatic rings. The van der Waals surface area contributed by atoms with Crippen LogP contribution in [0.15, 0.2) is 48.8 Å². The van der Waals surface area contributed by atoms with E-state index in [1.165, 1.54) is 6.92 Å². The first-order valence-corrected chi connectivity index (χ1v) is 7.12. The Bertz CT molecular complexity index is 656. The van der Waals surface area contributed by atoms with E-state index in [1.54, 1.807) is 36.7 Å². The number of nitrogens with zero attached hydrogens (tertiary/aromatic N) is 1. The highest BCUT2D eigenvalue weighted by Gasteiger charge is 2.11. The lowest BCUT2D eigenvalue weighted by Crippen LogP contribution is -2.15. The number of hydrogen-bond donors (Lipinski definition) is 2. The number of hydrogen-bond acceptors (Lipinski definition) is 3. The van der Waals surface area contributed by atoms with Crippen LogP contribution in [0.5, 0.6) is 0 Å². The van der Waals surface area contributed by atoms with Crippen LogP contribution < -0.4 is 10.6 Å². The molecule has 1 heterocycles. The number of carbonyl (C=O) groups is 2. The zero-order valence-corrected chi connectivity index (χ0v) is 12.7. The van der Waals surface area contributed by atoms with Crippen LogP contribution >= 0.6 is 0 Å². The summed E-state index contributed by atoms with van der Waals surface area (Å²) in [6.07, 6.45) is 3.86. The first-order valence-electron chi connectivity index (χ1n) is 7.12. The van der Waals surface area contributed by atoms with Crippen molar-refractivity contribution < 1.29 is 9.59 Å². The van der Waals surface area contributed by atoms with E-state index in [0.717, 1.165) is 5.56 Å². The topological polar surface area (TPSA) is 71.1 Å². The van der Waals surface area contributed by atoms with Crippen molar-refractivity contribution in [1.82, 2.24) is 4.98 Å². The van der Waals surface area contributed by atoms with Gasteiger partial charge in [-0.05, 0) is 35.7 Å². The lowest BCUT2D eigenvalue weighted by molar-refractivity contribution is -0.116. The van der Waals surface area contributed by atoms with Gasteiger partial charge in [0.1, 0.15) is 0 Å². The van der Waals surface area contributed by atoms with Crippen LogP contribution in [-0.4, -0.2) is 16.8 Å². The van der Waals surface area contributed by atoms with Crippen LogP contribution in [0.1, 0.15) is 31.7 Å². The van der Waals surface area contributed by atoms with Gasteiger partial charge in [-0.25, -0.2) is 0 Å². The molecule has 1 atom stereocenters. The zero-order valence-electron chi connectivity index (χ0n) is 12.7. The van der Waals surface area contributed by atoms with Crippen LogP contribution in [0.3, 0.4) is 0 Å². The second kappa shape index (κ2) is 7.36. The number of amides is 2. The van der Waals surface area contributed by atoms with Gasteiger partial charge in [-0.15, -0.1) is 0 Å². The SMILES string of the molecule is CC(=O)Nc1cccc(NC(=O)CC(C)c2cccnc2)c1. The molecule has 2 amide bonds. The predicted octanol–water partition coefficient (Wildman–Crippen LogP) is 3.17. The van der Waals surface area contributed by atoms with Gasteiger partial charge in [0.25, 0.3) is 0 Å². The fraction of sp³-hybridized carbons (Fsp3) is 0.235. The highest BCUT2D eigenvalue weighted by molar-refractivity contribution is 5.93. The lowest BCUT2D eigenvalue weighted by atomic mass is 9.99. The lowest BCUT2D eigenvalue weighted by Gasteiger charge is -2.12. The molecule has 2 N–H and O–H groups in total. The second-order valence-corrected chi connectivity index (χ2v) is 5.20. The fourth-order valence-electron chi connectivity index (χ4n) is 2.15. The smallest absolute Gasteiger partial charge is 0.224 e. The number of benzene rings is 1. The summed E-state index contributed by atoms with van der Waals surface area (Å²) in [4.78, 5) is 27.2. The molecule has 5 heteroatoms. The van der Waals surface area contributed by atoms with Gasteiger partial charge in [0.05, 0.1) is 0 Å². The Labute approximate surface area is 129 Å². The Balaban J connectivity index is 1.96. The Hall–Kier alpha value is -2.69. The zero-order chi connectivity index (χ0) is 15.9. The summed E-state index contributed by atoms with van der Waals surface area (Å²) < 4.78 is 0. The van der Waals surface area contributed by atoms with E-state index in [1.807, 2.05) is 19.1 Å². The molecule has 0 saturated carbocycles. The summed E-state index contributed by atoms with van der Waals surface area (Å²) in [5, 5.41) is 5.53. The average molecular weight is 297 g/mol. The minimum Gasteiger partial charge on any atom is -0.326 e. The molecule has 114 valence electrons. The summed E-state index contributed by atoms with van der Waals surface area (Å²) in [5.41, 5.74) is 2.35. The molecule has 0 aliphatic heterocycles. The third-order valence-corrected chi connectivity index (χ3v) is 3.21. The summed E-state index contributed by atoms with van der Waals surface area (Å²) in [7, 11) is 0. The molecule has 1 aromatic carbocycles. The first-order chi connectivity index (χ1) is 10.5. The number of anilines is 2. The standard InChI is InChI=1S/C17H19N3O2/c1-12(14-5-4-8-18-11-14)9-17(22)20-16-7-3-6-15(10-16)19-13(2)21/h3-8,10-12H,9H2,1-2H3,(H,19,21)(H,20,22). The molecule has 0 radical (unpaired) electrons. The molecule has 0 bridgehead atoms. The highest BCUT2D eigenvalue weighted by atomic mass is 16.2. The summed E-state index contributed by atoms with van der Waals surface area (Å²) in [6.45, 7) is 3.44. The summed E-state index contributed by atoms with van der Waals surface area (Å²) in [6, 6.07) is 10.9. The van der Waals surface area contributed by atoms with Crippen molar-refractivity contribution in [2.24, 2.45) is 0 Å². The molecule has 0 fully saturated rings. The minimum absolute atomic E-state index is 0.0728. The van der Waals surface area contributed by atoms with Gasteiger partial charge >= 0.3 is 0 Å². The predicted molar refractivity (Wildman–Crippen MR) is 86.6 cm³/mol. The van der Waals surface area contributed by atoms with Gasteiger partial charge < -0.3 is 10.6 Å². The van der Waals surface area contributed by atoms with Gasteiger partial charge in [-0.2, -0.15) is 0 Å². The van der Waals surface area contributed by atoms with Gasteiger partial charge in [0, 0.05) is 37.1 Å². The molecule has 22 heavy (non-hydrogen) atoms. The van der Waals surface area contributed by atoms with Crippen molar-refractivity contribution in [2.75, 3.05) is 10.6 Å². The Morgan fingerprint density at radius 1 is 1.14 bits per heavy atom. The van der Waals surface area contributed by atoms with E-state index in [2.05, 4.69) is 15.6 Å². The van der Waals surface area contributed by atoms with Crippen molar-refractivity contribution in [2.45, 2.75) is 26.2 Å². The molecule has 1 aromatic heterocycles. The molecule has 1 unspecified atom stereocenters. The van der Waals surface area contributed by atoms with E-state index in [-0.39, 0.29) is 17.7 Å². The van der Waals surface area contributed by atoms with Gasteiger partial charge in [0.2, 0.25) is 11.8 Å². The van der Waals surface area contributed by atoms with Crippen LogP contribution in [0.4, 0.5) is 11.4 Å². The van der Waals surface area contributed by atoms with Gasteiger partial charge in [-0.3, -0.25) is 14.6 Å². The molecule has 2 rings (SSSR count). The van der Waals surface area contributed by atoms with Crippen molar-refractivity contribution in [3.8, 4) is 0 Å².